The first-order chi connectivity index (χ1) is 12.0. The Morgan fingerprint density at radius 3 is 2.36 bits per heavy atom. The number of nitrogens with two attached hydrogens (primary N) is 1. The number of carboxylic acid groups (broad SMARTS) is 1. The van der Waals surface area contributed by atoms with E-state index in [9.17, 15) is 19.5 Å². The highest BCUT2D eigenvalue weighted by atomic mass is 32.1. The number of amides is 2. The van der Waals surface area contributed by atoms with Gasteiger partial charge in [-0.05, 0) is 44.1 Å². The van der Waals surface area contributed by atoms with Crippen LogP contribution in [0.4, 0.5) is 5.00 Å². The number of fused-ring (bicyclic) bond motifs is 1. The molecule has 2 atom stereocenters. The van der Waals surface area contributed by atoms with Crippen molar-refractivity contribution in [2.75, 3.05) is 5.32 Å². The standard InChI is InChI=1S/C18H24N2O4S/c19-15(21)14-12-8-2-1-3-9-13(12)25-17(14)20-16(22)10-6-4-5-7-11(10)18(23)24/h10-11H,1-9H2,(H2,19,21)(H,20,22)(H,23,24)/t10-,11-/m0/s1. The molecule has 0 spiro atoms. The van der Waals surface area contributed by atoms with E-state index < -0.39 is 23.7 Å². The van der Waals surface area contributed by atoms with Gasteiger partial charge >= 0.3 is 5.97 Å². The van der Waals surface area contributed by atoms with E-state index in [1.165, 1.54) is 11.3 Å². The van der Waals surface area contributed by atoms with E-state index >= 15 is 0 Å². The van der Waals surface area contributed by atoms with Crippen molar-refractivity contribution in [3.05, 3.63) is 16.0 Å². The lowest BCUT2D eigenvalue weighted by Crippen LogP contribution is -2.36. The zero-order valence-electron chi connectivity index (χ0n) is 14.2. The number of aryl methyl sites for hydroxylation is 1. The molecule has 6 nitrogen and oxygen atoms in total. The summed E-state index contributed by atoms with van der Waals surface area (Å²) in [5, 5.41) is 12.7. The molecule has 0 aliphatic heterocycles. The second-order valence-electron chi connectivity index (χ2n) is 6.96. The van der Waals surface area contributed by atoms with Crippen molar-refractivity contribution in [3.63, 3.8) is 0 Å². The Morgan fingerprint density at radius 2 is 1.68 bits per heavy atom. The van der Waals surface area contributed by atoms with Gasteiger partial charge in [0.15, 0.2) is 0 Å². The van der Waals surface area contributed by atoms with E-state index in [0.717, 1.165) is 55.4 Å². The molecule has 0 bridgehead atoms. The first-order valence-corrected chi connectivity index (χ1v) is 9.78. The van der Waals surface area contributed by atoms with Crippen LogP contribution in [0, 0.1) is 11.8 Å². The van der Waals surface area contributed by atoms with Crippen molar-refractivity contribution in [2.45, 2.75) is 57.8 Å². The molecule has 0 saturated heterocycles. The quantitative estimate of drug-likeness (QED) is 0.714. The predicted octanol–water partition coefficient (Wildman–Crippen LogP) is 2.95. The van der Waals surface area contributed by atoms with E-state index in [0.29, 0.717) is 23.4 Å². The number of primary amides is 1. The maximum atomic E-state index is 12.7. The second-order valence-corrected chi connectivity index (χ2v) is 8.06. The lowest BCUT2D eigenvalue weighted by molar-refractivity contribution is -0.147. The van der Waals surface area contributed by atoms with Crippen LogP contribution in [0.1, 0.15) is 65.7 Å². The molecule has 2 amide bonds. The topological polar surface area (TPSA) is 109 Å². The number of hydrogen-bond donors (Lipinski definition) is 3. The van der Waals surface area contributed by atoms with Gasteiger partial charge in [0.25, 0.3) is 5.91 Å². The Bertz CT molecular complexity index is 697. The van der Waals surface area contributed by atoms with Crippen molar-refractivity contribution in [3.8, 4) is 0 Å². The normalized spacial score (nSPS) is 23.4. The third-order valence-electron chi connectivity index (χ3n) is 5.32. The third kappa shape index (κ3) is 3.71. The molecule has 1 aromatic heterocycles. The number of hydrogen-bond acceptors (Lipinski definition) is 4. The Balaban J connectivity index is 1.85. The van der Waals surface area contributed by atoms with Gasteiger partial charge in [-0.2, -0.15) is 0 Å². The maximum absolute atomic E-state index is 12.7. The van der Waals surface area contributed by atoms with Gasteiger partial charge in [-0.25, -0.2) is 0 Å². The smallest absolute Gasteiger partial charge is 0.307 e. The molecule has 0 radical (unpaired) electrons. The summed E-state index contributed by atoms with van der Waals surface area (Å²) in [7, 11) is 0. The second kappa shape index (κ2) is 7.56. The highest BCUT2D eigenvalue weighted by molar-refractivity contribution is 7.17. The first kappa shape index (κ1) is 17.9. The van der Waals surface area contributed by atoms with E-state index in [1.807, 2.05) is 0 Å². The van der Waals surface area contributed by atoms with Crippen LogP contribution in [0.5, 0.6) is 0 Å². The highest BCUT2D eigenvalue weighted by Gasteiger charge is 2.36. The number of thiophene rings is 1. The third-order valence-corrected chi connectivity index (χ3v) is 6.53. The summed E-state index contributed by atoms with van der Waals surface area (Å²) in [5.41, 5.74) is 6.99. The molecule has 1 heterocycles. The fourth-order valence-corrected chi connectivity index (χ4v) is 5.33. The number of anilines is 1. The summed E-state index contributed by atoms with van der Waals surface area (Å²) >= 11 is 1.43. The Kier molecular flexibility index (Phi) is 5.42. The van der Waals surface area contributed by atoms with Crippen LogP contribution in [0.2, 0.25) is 0 Å². The molecule has 1 fully saturated rings. The van der Waals surface area contributed by atoms with Crippen molar-refractivity contribution < 1.29 is 19.5 Å². The van der Waals surface area contributed by atoms with Crippen LogP contribution < -0.4 is 11.1 Å². The molecular weight excluding hydrogens is 340 g/mol. The Hall–Kier alpha value is -1.89. The number of aliphatic carboxylic acids is 1. The fourth-order valence-electron chi connectivity index (χ4n) is 4.04. The van der Waals surface area contributed by atoms with Gasteiger partial charge in [-0.15, -0.1) is 11.3 Å². The van der Waals surface area contributed by atoms with Gasteiger partial charge in [-0.1, -0.05) is 19.3 Å². The monoisotopic (exact) mass is 364 g/mol. The van der Waals surface area contributed by atoms with Crippen LogP contribution in [0.25, 0.3) is 0 Å². The summed E-state index contributed by atoms with van der Waals surface area (Å²) < 4.78 is 0. The lowest BCUT2D eigenvalue weighted by Gasteiger charge is -2.27. The van der Waals surface area contributed by atoms with Gasteiger partial charge in [-0.3, -0.25) is 14.4 Å². The van der Waals surface area contributed by atoms with E-state index in [1.54, 1.807) is 0 Å². The lowest BCUT2D eigenvalue weighted by atomic mass is 9.79. The van der Waals surface area contributed by atoms with Crippen molar-refractivity contribution in [1.29, 1.82) is 0 Å². The molecule has 7 heteroatoms. The maximum Gasteiger partial charge on any atom is 0.307 e. The summed E-state index contributed by atoms with van der Waals surface area (Å²) in [4.78, 5) is 37.3. The largest absolute Gasteiger partial charge is 0.481 e. The van der Waals surface area contributed by atoms with E-state index in [-0.39, 0.29) is 5.91 Å². The van der Waals surface area contributed by atoms with Gasteiger partial charge in [0.1, 0.15) is 5.00 Å². The number of carbonyl (C=O) groups is 3. The summed E-state index contributed by atoms with van der Waals surface area (Å²) in [6.07, 6.45) is 7.70. The molecule has 25 heavy (non-hydrogen) atoms. The molecule has 2 aliphatic rings. The van der Waals surface area contributed by atoms with Gasteiger partial charge in [0, 0.05) is 4.88 Å². The van der Waals surface area contributed by atoms with Gasteiger partial charge in [0.2, 0.25) is 5.91 Å². The average molecular weight is 364 g/mol. The molecule has 1 aromatic rings. The van der Waals surface area contributed by atoms with E-state index in [4.69, 9.17) is 5.73 Å². The Morgan fingerprint density at radius 1 is 1.00 bits per heavy atom. The van der Waals surface area contributed by atoms with Crippen molar-refractivity contribution in [1.82, 2.24) is 0 Å². The van der Waals surface area contributed by atoms with E-state index in [2.05, 4.69) is 5.32 Å². The van der Waals surface area contributed by atoms with Crippen LogP contribution in [-0.2, 0) is 22.4 Å². The average Bonchev–Trinajstić information content (AvgIpc) is 2.76. The highest BCUT2D eigenvalue weighted by Crippen LogP contribution is 2.38. The molecule has 2 aliphatic carbocycles. The minimum atomic E-state index is -0.920. The summed E-state index contributed by atoms with van der Waals surface area (Å²) in [5.74, 6) is -2.94. The number of nitrogens with one attached hydrogen (secondary N) is 1. The fraction of sp³-hybridized carbons (Fsp3) is 0.611. The van der Waals surface area contributed by atoms with Crippen molar-refractivity contribution >= 4 is 34.1 Å². The number of carboxylic acids is 1. The van der Waals surface area contributed by atoms with Crippen molar-refractivity contribution in [2.24, 2.45) is 17.6 Å². The van der Waals surface area contributed by atoms with Crippen LogP contribution >= 0.6 is 11.3 Å². The zero-order chi connectivity index (χ0) is 18.0. The SMILES string of the molecule is NC(=O)c1c(NC(=O)[C@H]2CCCC[C@@H]2C(=O)O)sc2c1CCCCC2. The zero-order valence-corrected chi connectivity index (χ0v) is 15.0. The minimum Gasteiger partial charge on any atom is -0.481 e. The summed E-state index contributed by atoms with van der Waals surface area (Å²) in [6.45, 7) is 0. The molecule has 0 unspecified atom stereocenters. The predicted molar refractivity (Wildman–Crippen MR) is 95.8 cm³/mol. The van der Waals surface area contributed by atoms with Crippen LogP contribution in [-0.4, -0.2) is 22.9 Å². The molecular formula is C18H24N2O4S. The first-order valence-electron chi connectivity index (χ1n) is 8.97. The Labute approximate surface area is 150 Å². The summed E-state index contributed by atoms with van der Waals surface area (Å²) in [6, 6.07) is 0. The van der Waals surface area contributed by atoms with Gasteiger partial charge in [0.05, 0.1) is 17.4 Å². The van der Waals surface area contributed by atoms with Gasteiger partial charge < -0.3 is 16.2 Å². The molecule has 0 aromatic carbocycles. The minimum absolute atomic E-state index is 0.300. The number of carbonyl (C=O) groups excluding carboxylic acids is 2. The molecule has 3 rings (SSSR count). The number of rotatable bonds is 4. The van der Waals surface area contributed by atoms with Crippen LogP contribution in [0.3, 0.4) is 0 Å². The van der Waals surface area contributed by atoms with Crippen LogP contribution in [0.15, 0.2) is 0 Å². The molecule has 136 valence electrons. The molecule has 4 N–H and O–H groups in total. The molecule has 1 saturated carbocycles.